The Morgan fingerprint density at radius 2 is 1.75 bits per heavy atom. The first-order valence-electron chi connectivity index (χ1n) is 7.45. The number of benzene rings is 2. The van der Waals surface area contributed by atoms with Crippen molar-refractivity contribution in [3.8, 4) is 11.4 Å². The number of methoxy groups -OCH3 is 2. The molecule has 5 nitrogen and oxygen atoms in total. The minimum Gasteiger partial charge on any atom is -0.497 e. The number of fused-ring (bicyclic) bond motifs is 1. The monoisotopic (exact) mass is 323 g/mol. The Labute approximate surface area is 139 Å². The summed E-state index contributed by atoms with van der Waals surface area (Å²) in [6.07, 6.45) is 0. The smallest absolute Gasteiger partial charge is 0.355 e. The van der Waals surface area contributed by atoms with Crippen molar-refractivity contribution >= 4 is 16.9 Å². The summed E-state index contributed by atoms with van der Waals surface area (Å²) in [7, 11) is 2.86. The van der Waals surface area contributed by atoms with Crippen molar-refractivity contribution in [3.63, 3.8) is 0 Å². The largest absolute Gasteiger partial charge is 0.497 e. The summed E-state index contributed by atoms with van der Waals surface area (Å²) in [5.41, 5.74) is 1.73. The van der Waals surface area contributed by atoms with Crippen molar-refractivity contribution in [1.82, 2.24) is 4.57 Å². The van der Waals surface area contributed by atoms with Gasteiger partial charge in [-0.25, -0.2) is 4.79 Å². The van der Waals surface area contributed by atoms with Gasteiger partial charge in [-0.2, -0.15) is 0 Å². The van der Waals surface area contributed by atoms with Gasteiger partial charge in [-0.05, 0) is 31.2 Å². The first-order chi connectivity index (χ1) is 11.6. The lowest BCUT2D eigenvalue weighted by molar-refractivity contribution is 0.0590. The fourth-order valence-corrected chi connectivity index (χ4v) is 2.80. The molecule has 0 bridgehead atoms. The zero-order valence-electron chi connectivity index (χ0n) is 13.7. The lowest BCUT2D eigenvalue weighted by Crippen LogP contribution is -2.22. The molecule has 5 heteroatoms. The second-order valence-corrected chi connectivity index (χ2v) is 5.35. The number of ether oxygens (including phenoxy) is 2. The Balaban J connectivity index is 2.54. The summed E-state index contributed by atoms with van der Waals surface area (Å²) < 4.78 is 11.9. The minimum atomic E-state index is -0.557. The molecule has 0 aliphatic carbocycles. The van der Waals surface area contributed by atoms with Gasteiger partial charge in [0.25, 0.3) is 0 Å². The summed E-state index contributed by atoms with van der Waals surface area (Å²) in [6.45, 7) is 1.64. The highest BCUT2D eigenvalue weighted by Crippen LogP contribution is 2.25. The molecule has 3 aromatic rings. The van der Waals surface area contributed by atoms with Gasteiger partial charge >= 0.3 is 5.97 Å². The molecule has 1 aromatic heterocycles. The Hall–Kier alpha value is -3.08. The average Bonchev–Trinajstić information content (AvgIpc) is 2.64. The SMILES string of the molecule is COC(=O)c1c(C)c(=O)c2ccc(OC)cc2n1-c1ccccc1. The maximum atomic E-state index is 12.7. The van der Waals surface area contributed by atoms with Crippen LogP contribution in [0.3, 0.4) is 0 Å². The number of hydrogen-bond donors (Lipinski definition) is 0. The maximum absolute atomic E-state index is 12.7. The molecule has 0 amide bonds. The second-order valence-electron chi connectivity index (χ2n) is 5.35. The van der Waals surface area contributed by atoms with E-state index in [1.54, 1.807) is 36.8 Å². The van der Waals surface area contributed by atoms with Crippen LogP contribution in [0.15, 0.2) is 53.3 Å². The number of nitrogens with zero attached hydrogens (tertiary/aromatic N) is 1. The Kier molecular flexibility index (Phi) is 4.08. The molecule has 122 valence electrons. The van der Waals surface area contributed by atoms with Gasteiger partial charge in [-0.3, -0.25) is 4.79 Å². The third-order valence-corrected chi connectivity index (χ3v) is 4.00. The highest BCUT2D eigenvalue weighted by molar-refractivity contribution is 5.95. The van der Waals surface area contributed by atoms with E-state index in [0.29, 0.717) is 22.2 Å². The van der Waals surface area contributed by atoms with Crippen LogP contribution in [0.1, 0.15) is 16.1 Å². The molecule has 1 heterocycles. The summed E-state index contributed by atoms with van der Waals surface area (Å²) in [6, 6.07) is 14.6. The molecule has 2 aromatic carbocycles. The van der Waals surface area contributed by atoms with Gasteiger partial charge in [-0.15, -0.1) is 0 Å². The van der Waals surface area contributed by atoms with E-state index in [9.17, 15) is 9.59 Å². The van der Waals surface area contributed by atoms with Gasteiger partial charge in [0.05, 0.1) is 19.7 Å². The van der Waals surface area contributed by atoms with Crippen molar-refractivity contribution in [2.24, 2.45) is 0 Å². The quantitative estimate of drug-likeness (QED) is 0.695. The lowest BCUT2D eigenvalue weighted by atomic mass is 10.1. The third-order valence-electron chi connectivity index (χ3n) is 4.00. The van der Waals surface area contributed by atoms with E-state index in [-0.39, 0.29) is 11.1 Å². The Bertz CT molecular complexity index is 974. The summed E-state index contributed by atoms with van der Waals surface area (Å²) in [4.78, 5) is 25.1. The molecule has 0 spiro atoms. The zero-order chi connectivity index (χ0) is 17.3. The van der Waals surface area contributed by atoms with Gasteiger partial charge in [-0.1, -0.05) is 18.2 Å². The van der Waals surface area contributed by atoms with E-state index in [2.05, 4.69) is 0 Å². The number of pyridine rings is 1. The first-order valence-corrected chi connectivity index (χ1v) is 7.45. The predicted molar refractivity (Wildman–Crippen MR) is 92.2 cm³/mol. The molecule has 3 rings (SSSR count). The molecule has 0 fully saturated rings. The fourth-order valence-electron chi connectivity index (χ4n) is 2.80. The number of aromatic nitrogens is 1. The van der Waals surface area contributed by atoms with Crippen molar-refractivity contribution in [2.45, 2.75) is 6.92 Å². The number of esters is 1. The maximum Gasteiger partial charge on any atom is 0.355 e. The lowest BCUT2D eigenvalue weighted by Gasteiger charge is -2.18. The number of para-hydroxylation sites is 1. The van der Waals surface area contributed by atoms with Crippen molar-refractivity contribution < 1.29 is 14.3 Å². The van der Waals surface area contributed by atoms with Gasteiger partial charge in [0.15, 0.2) is 5.43 Å². The van der Waals surface area contributed by atoms with E-state index in [1.165, 1.54) is 7.11 Å². The van der Waals surface area contributed by atoms with E-state index < -0.39 is 5.97 Å². The van der Waals surface area contributed by atoms with E-state index >= 15 is 0 Å². The molecule has 24 heavy (non-hydrogen) atoms. The van der Waals surface area contributed by atoms with Crippen LogP contribution in [0.25, 0.3) is 16.6 Å². The van der Waals surface area contributed by atoms with Crippen LogP contribution < -0.4 is 10.2 Å². The standard InChI is InChI=1S/C19H17NO4/c1-12-17(19(22)24-3)20(13-7-5-4-6-8-13)16-11-14(23-2)9-10-15(16)18(12)21/h4-11H,1-3H3. The molecule has 0 aliphatic rings. The predicted octanol–water partition coefficient (Wildman–Crippen LogP) is 3.09. The average molecular weight is 323 g/mol. The third kappa shape index (κ3) is 2.44. The molecule has 0 unspecified atom stereocenters. The normalized spacial score (nSPS) is 10.6. The zero-order valence-corrected chi connectivity index (χ0v) is 13.7. The number of carbonyl (C=O) groups is 1. The Morgan fingerprint density at radius 1 is 1.04 bits per heavy atom. The topological polar surface area (TPSA) is 57.5 Å². The van der Waals surface area contributed by atoms with Crippen LogP contribution in [-0.4, -0.2) is 24.8 Å². The van der Waals surface area contributed by atoms with E-state index in [1.807, 2.05) is 30.3 Å². The van der Waals surface area contributed by atoms with Crippen LogP contribution in [0.5, 0.6) is 5.75 Å². The molecule has 0 saturated carbocycles. The van der Waals surface area contributed by atoms with Crippen molar-refractivity contribution in [1.29, 1.82) is 0 Å². The van der Waals surface area contributed by atoms with E-state index in [0.717, 1.165) is 5.69 Å². The summed E-state index contributed by atoms with van der Waals surface area (Å²) >= 11 is 0. The molecule has 0 aliphatic heterocycles. The van der Waals surface area contributed by atoms with E-state index in [4.69, 9.17) is 9.47 Å². The van der Waals surface area contributed by atoms with Crippen LogP contribution in [0, 0.1) is 6.92 Å². The van der Waals surface area contributed by atoms with Crippen molar-refractivity contribution in [3.05, 3.63) is 70.0 Å². The van der Waals surface area contributed by atoms with Gasteiger partial charge < -0.3 is 14.0 Å². The van der Waals surface area contributed by atoms with Crippen molar-refractivity contribution in [2.75, 3.05) is 14.2 Å². The van der Waals surface area contributed by atoms with Crippen LogP contribution in [0.2, 0.25) is 0 Å². The van der Waals surface area contributed by atoms with Gasteiger partial charge in [0, 0.05) is 22.7 Å². The van der Waals surface area contributed by atoms with Crippen LogP contribution >= 0.6 is 0 Å². The van der Waals surface area contributed by atoms with Gasteiger partial charge in [0.1, 0.15) is 11.4 Å². The summed E-state index contributed by atoms with van der Waals surface area (Å²) in [5.74, 6) is 0.0458. The molecule has 0 N–H and O–H groups in total. The number of hydrogen-bond acceptors (Lipinski definition) is 4. The fraction of sp³-hybridized carbons (Fsp3) is 0.158. The van der Waals surface area contributed by atoms with Gasteiger partial charge in [0.2, 0.25) is 0 Å². The number of rotatable bonds is 3. The minimum absolute atomic E-state index is 0.194. The first kappa shape index (κ1) is 15.8. The summed E-state index contributed by atoms with van der Waals surface area (Å²) in [5, 5.41) is 0.518. The van der Waals surface area contributed by atoms with Crippen LogP contribution in [-0.2, 0) is 4.74 Å². The highest BCUT2D eigenvalue weighted by atomic mass is 16.5. The molecule has 0 atom stereocenters. The Morgan fingerprint density at radius 3 is 2.38 bits per heavy atom. The highest BCUT2D eigenvalue weighted by Gasteiger charge is 2.21. The second kappa shape index (κ2) is 6.20. The molecule has 0 saturated heterocycles. The molecule has 0 radical (unpaired) electrons. The number of carbonyl (C=O) groups excluding carboxylic acids is 1. The molecular weight excluding hydrogens is 306 g/mol. The molecular formula is C19H17NO4. The van der Waals surface area contributed by atoms with Crippen LogP contribution in [0.4, 0.5) is 0 Å².